The molecule has 7 nitrogen and oxygen atoms in total. The number of nitrogens with one attached hydrogen (secondary N) is 1. The van der Waals surface area contributed by atoms with Crippen molar-refractivity contribution >= 4 is 12.0 Å². The molecule has 2 amide bonds. The molecule has 4 aromatic rings. The first-order valence-corrected chi connectivity index (χ1v) is 13.7. The SMILES string of the molecule is CC(C)(C)OC(=O)N1CCC(NC(=O)Cc2cn(C(c3ccccc3)(c3ccccc3)c3ccccc3)cn2)C1. The highest BCUT2D eigenvalue weighted by Gasteiger charge is 2.38. The lowest BCUT2D eigenvalue weighted by Crippen LogP contribution is -2.40. The Kier molecular flexibility index (Phi) is 7.74. The molecule has 1 saturated heterocycles. The molecule has 40 heavy (non-hydrogen) atoms. The van der Waals surface area contributed by atoms with Crippen LogP contribution in [0.2, 0.25) is 0 Å². The standard InChI is InChI=1S/C33H36N4O3/c1-32(2,3)40-31(39)36-20-19-28(22-36)35-30(38)21-29-23-37(24-34-29)33(25-13-7-4-8-14-25,26-15-9-5-10-16-26)27-17-11-6-12-18-27/h4-18,23-24,28H,19-22H2,1-3H3,(H,35,38). The largest absolute Gasteiger partial charge is 0.444 e. The van der Waals surface area contributed by atoms with Crippen LogP contribution < -0.4 is 5.32 Å². The Morgan fingerprint density at radius 3 is 1.90 bits per heavy atom. The molecule has 1 atom stereocenters. The third kappa shape index (κ3) is 5.78. The van der Waals surface area contributed by atoms with Crippen LogP contribution in [-0.4, -0.2) is 51.2 Å². The molecule has 0 aliphatic carbocycles. The summed E-state index contributed by atoms with van der Waals surface area (Å²) in [5.41, 5.74) is 2.72. The van der Waals surface area contributed by atoms with Gasteiger partial charge in [-0.2, -0.15) is 0 Å². The lowest BCUT2D eigenvalue weighted by atomic mass is 9.77. The first-order valence-electron chi connectivity index (χ1n) is 13.7. The minimum absolute atomic E-state index is 0.112. The third-order valence-electron chi connectivity index (χ3n) is 7.14. The van der Waals surface area contributed by atoms with Gasteiger partial charge in [-0.25, -0.2) is 9.78 Å². The maximum Gasteiger partial charge on any atom is 0.410 e. The van der Waals surface area contributed by atoms with Crippen molar-refractivity contribution in [3.05, 3.63) is 126 Å². The Morgan fingerprint density at radius 2 is 1.40 bits per heavy atom. The molecule has 206 valence electrons. The highest BCUT2D eigenvalue weighted by Crippen LogP contribution is 2.40. The molecule has 1 aliphatic heterocycles. The molecular formula is C33H36N4O3. The summed E-state index contributed by atoms with van der Waals surface area (Å²) in [6, 6.07) is 31.0. The number of hydrogen-bond acceptors (Lipinski definition) is 4. The second-order valence-corrected chi connectivity index (χ2v) is 11.2. The zero-order valence-electron chi connectivity index (χ0n) is 23.3. The van der Waals surface area contributed by atoms with E-state index < -0.39 is 11.1 Å². The van der Waals surface area contributed by atoms with E-state index in [4.69, 9.17) is 4.74 Å². The number of hydrogen-bond donors (Lipinski definition) is 1. The molecule has 2 heterocycles. The van der Waals surface area contributed by atoms with E-state index in [2.05, 4.69) is 51.3 Å². The number of likely N-dealkylation sites (tertiary alicyclic amines) is 1. The van der Waals surface area contributed by atoms with Gasteiger partial charge in [0.25, 0.3) is 0 Å². The van der Waals surface area contributed by atoms with Gasteiger partial charge in [0, 0.05) is 25.3 Å². The number of ether oxygens (including phenoxy) is 1. The summed E-state index contributed by atoms with van der Waals surface area (Å²) >= 11 is 0. The van der Waals surface area contributed by atoms with E-state index in [1.165, 1.54) is 0 Å². The second kappa shape index (κ2) is 11.4. The van der Waals surface area contributed by atoms with Crippen LogP contribution in [-0.2, 0) is 21.5 Å². The van der Waals surface area contributed by atoms with Gasteiger partial charge in [0.05, 0.1) is 18.4 Å². The molecular weight excluding hydrogens is 500 g/mol. The van der Waals surface area contributed by atoms with E-state index in [0.717, 1.165) is 16.7 Å². The summed E-state index contributed by atoms with van der Waals surface area (Å²) < 4.78 is 7.58. The van der Waals surface area contributed by atoms with Crippen LogP contribution in [0, 0.1) is 0 Å². The topological polar surface area (TPSA) is 76.5 Å². The molecule has 7 heteroatoms. The molecule has 0 spiro atoms. The van der Waals surface area contributed by atoms with Gasteiger partial charge >= 0.3 is 6.09 Å². The fourth-order valence-corrected chi connectivity index (χ4v) is 5.44. The van der Waals surface area contributed by atoms with Gasteiger partial charge in [-0.15, -0.1) is 0 Å². The molecule has 5 rings (SSSR count). The number of benzene rings is 3. The fraction of sp³-hybridized carbons (Fsp3) is 0.303. The van der Waals surface area contributed by atoms with E-state index in [-0.39, 0.29) is 24.5 Å². The van der Waals surface area contributed by atoms with Crippen LogP contribution in [0.4, 0.5) is 4.79 Å². The van der Waals surface area contributed by atoms with Crippen LogP contribution in [0.25, 0.3) is 0 Å². The number of amides is 2. The Bertz CT molecular complexity index is 1330. The van der Waals surface area contributed by atoms with Crippen molar-refractivity contribution in [2.24, 2.45) is 0 Å². The van der Waals surface area contributed by atoms with Crippen LogP contribution in [0.5, 0.6) is 0 Å². The van der Waals surface area contributed by atoms with Crippen molar-refractivity contribution in [3.8, 4) is 0 Å². The number of carbonyl (C=O) groups is 2. The smallest absolute Gasteiger partial charge is 0.410 e. The van der Waals surface area contributed by atoms with Gasteiger partial charge in [-0.3, -0.25) is 4.79 Å². The predicted molar refractivity (Wildman–Crippen MR) is 155 cm³/mol. The Balaban J connectivity index is 1.39. The molecule has 0 bridgehead atoms. The van der Waals surface area contributed by atoms with Gasteiger partial charge in [-0.1, -0.05) is 91.0 Å². The number of carbonyl (C=O) groups excluding carboxylic acids is 2. The Labute approximate surface area is 235 Å². The van der Waals surface area contributed by atoms with Gasteiger partial charge in [0.1, 0.15) is 11.1 Å². The molecule has 1 aromatic heterocycles. The normalized spacial score (nSPS) is 15.6. The first-order chi connectivity index (χ1) is 19.3. The summed E-state index contributed by atoms with van der Waals surface area (Å²) in [5.74, 6) is -0.119. The summed E-state index contributed by atoms with van der Waals surface area (Å²) in [7, 11) is 0. The summed E-state index contributed by atoms with van der Waals surface area (Å²) in [6.45, 7) is 6.54. The Hall–Kier alpha value is -4.39. The lowest BCUT2D eigenvalue weighted by molar-refractivity contribution is -0.121. The molecule has 0 radical (unpaired) electrons. The average Bonchev–Trinajstić information content (AvgIpc) is 3.60. The van der Waals surface area contributed by atoms with Crippen molar-refractivity contribution in [3.63, 3.8) is 0 Å². The van der Waals surface area contributed by atoms with Crippen molar-refractivity contribution in [1.82, 2.24) is 19.8 Å². The van der Waals surface area contributed by atoms with E-state index in [9.17, 15) is 9.59 Å². The van der Waals surface area contributed by atoms with Crippen molar-refractivity contribution < 1.29 is 14.3 Å². The van der Waals surface area contributed by atoms with E-state index in [0.29, 0.717) is 25.2 Å². The summed E-state index contributed by atoms with van der Waals surface area (Å²) in [6.07, 6.45) is 4.27. The number of rotatable bonds is 7. The molecule has 1 N–H and O–H groups in total. The van der Waals surface area contributed by atoms with Gasteiger partial charge < -0.3 is 19.5 Å². The lowest BCUT2D eigenvalue weighted by Gasteiger charge is -2.37. The minimum Gasteiger partial charge on any atom is -0.444 e. The van der Waals surface area contributed by atoms with Crippen molar-refractivity contribution in [2.75, 3.05) is 13.1 Å². The van der Waals surface area contributed by atoms with Gasteiger partial charge in [0.2, 0.25) is 5.91 Å². The summed E-state index contributed by atoms with van der Waals surface area (Å²) in [4.78, 5) is 31.8. The quantitative estimate of drug-likeness (QED) is 0.321. The predicted octanol–water partition coefficient (Wildman–Crippen LogP) is 5.39. The molecule has 1 aliphatic rings. The van der Waals surface area contributed by atoms with Crippen LogP contribution in [0.15, 0.2) is 104 Å². The van der Waals surface area contributed by atoms with Crippen LogP contribution >= 0.6 is 0 Å². The highest BCUT2D eigenvalue weighted by atomic mass is 16.6. The second-order valence-electron chi connectivity index (χ2n) is 11.2. The monoisotopic (exact) mass is 536 g/mol. The Morgan fingerprint density at radius 1 is 0.875 bits per heavy atom. The van der Waals surface area contributed by atoms with E-state index in [1.807, 2.05) is 87.9 Å². The minimum atomic E-state index is -0.676. The molecule has 1 unspecified atom stereocenters. The van der Waals surface area contributed by atoms with Crippen LogP contribution in [0.3, 0.4) is 0 Å². The third-order valence-corrected chi connectivity index (χ3v) is 7.14. The molecule has 1 fully saturated rings. The molecule has 3 aromatic carbocycles. The van der Waals surface area contributed by atoms with Gasteiger partial charge in [-0.05, 0) is 43.9 Å². The van der Waals surface area contributed by atoms with Gasteiger partial charge in [0.15, 0.2) is 0 Å². The highest BCUT2D eigenvalue weighted by molar-refractivity contribution is 5.78. The van der Waals surface area contributed by atoms with E-state index >= 15 is 0 Å². The fourth-order valence-electron chi connectivity index (χ4n) is 5.44. The average molecular weight is 537 g/mol. The maximum absolute atomic E-state index is 13.0. The number of aromatic nitrogens is 2. The number of nitrogens with zero attached hydrogens (tertiary/aromatic N) is 3. The first kappa shape index (κ1) is 27.2. The maximum atomic E-state index is 13.0. The van der Waals surface area contributed by atoms with E-state index in [1.54, 1.807) is 4.90 Å². The van der Waals surface area contributed by atoms with Crippen molar-refractivity contribution in [2.45, 2.75) is 50.8 Å². The number of imidazole rings is 1. The van der Waals surface area contributed by atoms with Crippen molar-refractivity contribution in [1.29, 1.82) is 0 Å². The molecule has 0 saturated carbocycles. The summed E-state index contributed by atoms with van der Waals surface area (Å²) in [5, 5.41) is 3.08. The zero-order chi connectivity index (χ0) is 28.2. The van der Waals surface area contributed by atoms with Crippen LogP contribution in [0.1, 0.15) is 49.6 Å². The zero-order valence-corrected chi connectivity index (χ0v) is 23.3.